The Hall–Kier alpha value is -3.95. The average Bonchev–Trinajstić information content (AvgIpc) is 2.91. The number of nitrogens with zero attached hydrogens (tertiary/aromatic N) is 5. The fourth-order valence-corrected chi connectivity index (χ4v) is 4.04. The van der Waals surface area contributed by atoms with Crippen molar-refractivity contribution in [2.45, 2.75) is 45.6 Å². The fraction of sp³-hybridized carbons (Fsp3) is 0.444. The van der Waals surface area contributed by atoms with Gasteiger partial charge in [-0.25, -0.2) is 9.78 Å². The molecular weight excluding hydrogens is 472 g/mol. The summed E-state index contributed by atoms with van der Waals surface area (Å²) in [7, 11) is 6.86. The van der Waals surface area contributed by atoms with Gasteiger partial charge in [-0.05, 0) is 24.5 Å². The first kappa shape index (κ1) is 27.6. The lowest BCUT2D eigenvalue weighted by molar-refractivity contribution is -0.137. The zero-order valence-electron chi connectivity index (χ0n) is 22.4. The predicted molar refractivity (Wildman–Crippen MR) is 143 cm³/mol. The Kier molecular flexibility index (Phi) is 9.59. The van der Waals surface area contributed by atoms with Crippen molar-refractivity contribution >= 4 is 17.7 Å². The number of hydrogen-bond donors (Lipinski definition) is 2. The van der Waals surface area contributed by atoms with Crippen LogP contribution >= 0.6 is 0 Å². The quantitative estimate of drug-likeness (QED) is 0.349. The molecule has 1 unspecified atom stereocenters. The molecule has 0 bridgehead atoms. The normalized spacial score (nSPS) is 11.8. The highest BCUT2D eigenvalue weighted by Gasteiger charge is 2.23. The van der Waals surface area contributed by atoms with E-state index in [0.717, 1.165) is 24.8 Å². The van der Waals surface area contributed by atoms with Gasteiger partial charge >= 0.3 is 5.97 Å². The van der Waals surface area contributed by atoms with Gasteiger partial charge in [0.1, 0.15) is 23.4 Å². The number of benzene rings is 1. The second kappa shape index (κ2) is 12.8. The minimum absolute atomic E-state index is 0.122. The maximum Gasteiger partial charge on any atom is 0.326 e. The number of nitrogens with one attached hydrogen (secondary N) is 1. The maximum absolute atomic E-state index is 12.2. The van der Waals surface area contributed by atoms with Gasteiger partial charge in [0.05, 0.1) is 37.4 Å². The standard InChI is InChI=1S/C27H36N6O4/c1-7-17(8-2)12-18-14-30-27(33(3)4)32-25(18)31-20(26(34)35)13-19-15-29-21(16-28-19)24-22(36-5)10-9-11-23(24)37-6/h9-11,14-17,20H,7-8,12-13H2,1-6H3,(H,34,35)(H,30,31,32). The molecule has 3 aromatic rings. The van der Waals surface area contributed by atoms with Crippen molar-refractivity contribution in [3.05, 3.63) is 48.0 Å². The molecule has 0 spiro atoms. The van der Waals surface area contributed by atoms with Gasteiger partial charge in [0.2, 0.25) is 5.95 Å². The van der Waals surface area contributed by atoms with Crippen molar-refractivity contribution in [2.24, 2.45) is 5.92 Å². The summed E-state index contributed by atoms with van der Waals surface area (Å²) < 4.78 is 10.9. The summed E-state index contributed by atoms with van der Waals surface area (Å²) in [5.41, 5.74) is 2.68. The molecule has 0 radical (unpaired) electrons. The summed E-state index contributed by atoms with van der Waals surface area (Å²) >= 11 is 0. The van der Waals surface area contributed by atoms with Gasteiger partial charge < -0.3 is 24.8 Å². The molecule has 1 aromatic carbocycles. The largest absolute Gasteiger partial charge is 0.496 e. The summed E-state index contributed by atoms with van der Waals surface area (Å²) in [6.07, 6.45) is 7.90. The first-order valence-electron chi connectivity index (χ1n) is 12.4. The van der Waals surface area contributed by atoms with Gasteiger partial charge in [0.25, 0.3) is 0 Å². The molecule has 37 heavy (non-hydrogen) atoms. The molecule has 0 fully saturated rings. The summed E-state index contributed by atoms with van der Waals surface area (Å²) in [4.78, 5) is 32.1. The number of carbonyl (C=O) groups is 1. The van der Waals surface area contributed by atoms with E-state index in [1.807, 2.05) is 32.3 Å². The number of carboxylic acid groups (broad SMARTS) is 1. The molecule has 2 aromatic heterocycles. The van der Waals surface area contributed by atoms with Crippen LogP contribution in [-0.2, 0) is 17.6 Å². The Balaban J connectivity index is 1.87. The van der Waals surface area contributed by atoms with E-state index in [1.54, 1.807) is 37.7 Å². The lowest BCUT2D eigenvalue weighted by atomic mass is 9.95. The Bertz CT molecular complexity index is 1160. The zero-order chi connectivity index (χ0) is 26.9. The first-order chi connectivity index (χ1) is 17.8. The monoisotopic (exact) mass is 508 g/mol. The number of ether oxygens (including phenoxy) is 2. The number of anilines is 2. The van der Waals surface area contributed by atoms with Gasteiger partial charge in [-0.2, -0.15) is 4.98 Å². The molecule has 0 saturated heterocycles. The minimum atomic E-state index is -1.00. The van der Waals surface area contributed by atoms with Crippen LogP contribution in [0.4, 0.5) is 11.8 Å². The first-order valence-corrected chi connectivity index (χ1v) is 12.4. The van der Waals surface area contributed by atoms with Crippen LogP contribution < -0.4 is 19.7 Å². The molecule has 2 heterocycles. The average molecular weight is 509 g/mol. The molecule has 0 amide bonds. The van der Waals surface area contributed by atoms with Gasteiger partial charge in [-0.15, -0.1) is 0 Å². The van der Waals surface area contributed by atoms with Gasteiger partial charge in [-0.3, -0.25) is 9.97 Å². The van der Waals surface area contributed by atoms with Crippen molar-refractivity contribution < 1.29 is 19.4 Å². The maximum atomic E-state index is 12.2. The Morgan fingerprint density at radius 2 is 1.68 bits per heavy atom. The highest BCUT2D eigenvalue weighted by atomic mass is 16.5. The number of aromatic nitrogens is 4. The Labute approximate surface area is 218 Å². The lowest BCUT2D eigenvalue weighted by Gasteiger charge is -2.21. The lowest BCUT2D eigenvalue weighted by Crippen LogP contribution is -2.33. The fourth-order valence-electron chi connectivity index (χ4n) is 4.04. The smallest absolute Gasteiger partial charge is 0.326 e. The highest BCUT2D eigenvalue weighted by molar-refractivity contribution is 5.78. The van der Waals surface area contributed by atoms with Crippen LogP contribution in [0.5, 0.6) is 11.5 Å². The highest BCUT2D eigenvalue weighted by Crippen LogP contribution is 2.36. The zero-order valence-corrected chi connectivity index (χ0v) is 22.4. The number of hydrogen-bond acceptors (Lipinski definition) is 9. The molecule has 0 aliphatic heterocycles. The molecule has 10 heteroatoms. The number of rotatable bonds is 13. The van der Waals surface area contributed by atoms with Crippen LogP contribution in [0.3, 0.4) is 0 Å². The van der Waals surface area contributed by atoms with Crippen molar-refractivity contribution in [1.29, 1.82) is 0 Å². The molecule has 0 saturated carbocycles. The van der Waals surface area contributed by atoms with Crippen molar-refractivity contribution in [3.8, 4) is 22.8 Å². The predicted octanol–water partition coefficient (Wildman–Crippen LogP) is 4.10. The third-order valence-corrected chi connectivity index (χ3v) is 6.33. The number of methoxy groups -OCH3 is 2. The summed E-state index contributed by atoms with van der Waals surface area (Å²) in [5.74, 6) is 1.71. The van der Waals surface area contributed by atoms with E-state index >= 15 is 0 Å². The van der Waals surface area contributed by atoms with E-state index in [4.69, 9.17) is 9.47 Å². The van der Waals surface area contributed by atoms with E-state index in [9.17, 15) is 9.90 Å². The molecular formula is C27H36N6O4. The van der Waals surface area contributed by atoms with Crippen LogP contribution in [0.15, 0.2) is 36.8 Å². The van der Waals surface area contributed by atoms with Crippen molar-refractivity contribution in [2.75, 3.05) is 38.5 Å². The topological polar surface area (TPSA) is 123 Å². The van der Waals surface area contributed by atoms with Crippen LogP contribution in [-0.4, -0.2) is 65.4 Å². The Morgan fingerprint density at radius 1 is 1.00 bits per heavy atom. The van der Waals surface area contributed by atoms with E-state index in [-0.39, 0.29) is 6.42 Å². The van der Waals surface area contributed by atoms with Gasteiger partial charge in [-0.1, -0.05) is 32.8 Å². The second-order valence-corrected chi connectivity index (χ2v) is 8.99. The molecule has 0 aliphatic carbocycles. The summed E-state index contributed by atoms with van der Waals surface area (Å²) in [6.45, 7) is 4.30. The molecule has 2 N–H and O–H groups in total. The minimum Gasteiger partial charge on any atom is -0.496 e. The van der Waals surface area contributed by atoms with E-state index in [1.165, 1.54) is 0 Å². The van der Waals surface area contributed by atoms with E-state index in [2.05, 4.69) is 39.1 Å². The summed E-state index contributed by atoms with van der Waals surface area (Å²) in [5, 5.41) is 13.2. The number of carboxylic acids is 1. The van der Waals surface area contributed by atoms with Crippen molar-refractivity contribution in [3.63, 3.8) is 0 Å². The third-order valence-electron chi connectivity index (χ3n) is 6.33. The second-order valence-electron chi connectivity index (χ2n) is 8.99. The SMILES string of the molecule is CCC(CC)Cc1cnc(N(C)C)nc1NC(Cc1cnc(-c2c(OC)cccc2OC)cn1)C(=O)O. The molecule has 3 rings (SSSR count). The molecule has 10 nitrogen and oxygen atoms in total. The summed E-state index contributed by atoms with van der Waals surface area (Å²) in [6, 6.07) is 4.52. The third kappa shape index (κ3) is 6.84. The van der Waals surface area contributed by atoms with E-state index < -0.39 is 12.0 Å². The molecule has 198 valence electrons. The van der Waals surface area contributed by atoms with Crippen LogP contribution in [0.1, 0.15) is 37.9 Å². The van der Waals surface area contributed by atoms with Crippen LogP contribution in [0, 0.1) is 5.92 Å². The van der Waals surface area contributed by atoms with Gasteiger partial charge in [0, 0.05) is 38.5 Å². The Morgan fingerprint density at radius 3 is 2.19 bits per heavy atom. The molecule has 1 atom stereocenters. The van der Waals surface area contributed by atoms with Gasteiger partial charge in [0.15, 0.2) is 0 Å². The van der Waals surface area contributed by atoms with E-state index in [0.29, 0.717) is 46.1 Å². The van der Waals surface area contributed by atoms with Crippen LogP contribution in [0.25, 0.3) is 11.3 Å². The van der Waals surface area contributed by atoms with Crippen molar-refractivity contribution in [1.82, 2.24) is 19.9 Å². The number of aliphatic carboxylic acids is 1. The van der Waals surface area contributed by atoms with Crippen LogP contribution in [0.2, 0.25) is 0 Å². The molecule has 0 aliphatic rings.